The molecule has 2 fully saturated rings. The summed E-state index contributed by atoms with van der Waals surface area (Å²) < 4.78 is 23.2. The molecular formula is C16H19ClN2O4S. The third kappa shape index (κ3) is 3.28. The van der Waals surface area contributed by atoms with E-state index in [0.29, 0.717) is 30.0 Å². The van der Waals surface area contributed by atoms with Crippen molar-refractivity contribution in [1.29, 1.82) is 0 Å². The van der Waals surface area contributed by atoms with Crippen molar-refractivity contribution in [2.45, 2.75) is 25.3 Å². The van der Waals surface area contributed by atoms with E-state index in [1.165, 1.54) is 4.90 Å². The smallest absolute Gasteiger partial charge is 0.240 e. The standard InChI is InChI=1S/C16H19ClN2O4S/c1-19(13-5-8-24(22,23)10-13)15(21)16(6-7-16)14(20)18-12-4-2-3-11(17)9-12/h2-4,9,13H,5-8,10H2,1H3,(H,18,20). The molecule has 1 heterocycles. The van der Waals surface area contributed by atoms with Crippen molar-refractivity contribution < 1.29 is 18.0 Å². The van der Waals surface area contributed by atoms with Crippen molar-refractivity contribution in [2.75, 3.05) is 23.9 Å². The molecular weight excluding hydrogens is 352 g/mol. The Kier molecular flexibility index (Phi) is 4.34. The number of hydrogen-bond donors (Lipinski definition) is 1. The van der Waals surface area contributed by atoms with Crippen molar-refractivity contribution in [3.8, 4) is 0 Å². The average Bonchev–Trinajstić information content (AvgIpc) is 3.25. The van der Waals surface area contributed by atoms with E-state index in [4.69, 9.17) is 11.6 Å². The summed E-state index contributed by atoms with van der Waals surface area (Å²) in [4.78, 5) is 26.8. The summed E-state index contributed by atoms with van der Waals surface area (Å²) in [6.45, 7) is 0. The largest absolute Gasteiger partial charge is 0.341 e. The van der Waals surface area contributed by atoms with Crippen LogP contribution in [0.5, 0.6) is 0 Å². The predicted octanol–water partition coefficient (Wildman–Crippen LogP) is 1.70. The van der Waals surface area contributed by atoms with Crippen LogP contribution in [0.2, 0.25) is 5.02 Å². The fraction of sp³-hybridized carbons (Fsp3) is 0.500. The van der Waals surface area contributed by atoms with Gasteiger partial charge in [-0.25, -0.2) is 8.42 Å². The minimum Gasteiger partial charge on any atom is -0.341 e. The number of nitrogens with one attached hydrogen (secondary N) is 1. The van der Waals surface area contributed by atoms with Crippen LogP contribution in [-0.4, -0.2) is 49.7 Å². The molecule has 1 atom stereocenters. The molecule has 3 rings (SSSR count). The molecule has 8 heteroatoms. The number of benzene rings is 1. The fourth-order valence-electron chi connectivity index (χ4n) is 3.06. The maximum atomic E-state index is 12.8. The van der Waals surface area contributed by atoms with Gasteiger partial charge in [-0.1, -0.05) is 17.7 Å². The first kappa shape index (κ1) is 17.2. The summed E-state index contributed by atoms with van der Waals surface area (Å²) in [6, 6.07) is 6.39. The quantitative estimate of drug-likeness (QED) is 0.818. The zero-order valence-corrected chi connectivity index (χ0v) is 14.9. The van der Waals surface area contributed by atoms with Crippen molar-refractivity contribution in [3.63, 3.8) is 0 Å². The van der Waals surface area contributed by atoms with Crippen LogP contribution in [0.3, 0.4) is 0 Å². The van der Waals surface area contributed by atoms with Crippen LogP contribution >= 0.6 is 11.6 Å². The zero-order valence-electron chi connectivity index (χ0n) is 13.3. The van der Waals surface area contributed by atoms with Crippen molar-refractivity contribution >= 4 is 38.9 Å². The lowest BCUT2D eigenvalue weighted by molar-refractivity contribution is -0.142. The minimum atomic E-state index is -3.08. The van der Waals surface area contributed by atoms with Crippen LogP contribution < -0.4 is 5.32 Å². The number of anilines is 1. The molecule has 0 bridgehead atoms. The van der Waals surface area contributed by atoms with Gasteiger partial charge in [0.1, 0.15) is 5.41 Å². The second kappa shape index (κ2) is 6.04. The lowest BCUT2D eigenvalue weighted by atomic mass is 10.0. The molecule has 1 saturated heterocycles. The van der Waals surface area contributed by atoms with Crippen LogP contribution in [0.15, 0.2) is 24.3 Å². The summed E-state index contributed by atoms with van der Waals surface area (Å²) >= 11 is 5.90. The normalized spacial score (nSPS) is 23.5. The van der Waals surface area contributed by atoms with E-state index >= 15 is 0 Å². The number of hydrogen-bond acceptors (Lipinski definition) is 4. The molecule has 1 N–H and O–H groups in total. The Hall–Kier alpha value is -1.60. The molecule has 0 aromatic heterocycles. The van der Waals surface area contributed by atoms with Crippen molar-refractivity contribution in [2.24, 2.45) is 5.41 Å². The number of amides is 2. The van der Waals surface area contributed by atoms with Gasteiger partial charge in [0.2, 0.25) is 11.8 Å². The van der Waals surface area contributed by atoms with Gasteiger partial charge in [0, 0.05) is 23.8 Å². The van der Waals surface area contributed by atoms with E-state index in [1.54, 1.807) is 31.3 Å². The number of halogens is 1. The van der Waals surface area contributed by atoms with E-state index in [1.807, 2.05) is 0 Å². The lowest BCUT2D eigenvalue weighted by Crippen LogP contribution is -2.46. The first-order valence-corrected chi connectivity index (χ1v) is 9.98. The van der Waals surface area contributed by atoms with E-state index in [0.717, 1.165) is 0 Å². The zero-order chi connectivity index (χ0) is 17.5. The Morgan fingerprint density at radius 1 is 1.33 bits per heavy atom. The van der Waals surface area contributed by atoms with Crippen molar-refractivity contribution in [3.05, 3.63) is 29.3 Å². The maximum Gasteiger partial charge on any atom is 0.240 e. The second-order valence-electron chi connectivity index (χ2n) is 6.52. The first-order valence-electron chi connectivity index (χ1n) is 7.78. The molecule has 24 heavy (non-hydrogen) atoms. The van der Waals surface area contributed by atoms with Crippen LogP contribution in [0, 0.1) is 5.41 Å². The molecule has 130 valence electrons. The van der Waals surface area contributed by atoms with Gasteiger partial charge < -0.3 is 10.2 Å². The van der Waals surface area contributed by atoms with E-state index in [-0.39, 0.29) is 29.4 Å². The van der Waals surface area contributed by atoms with Crippen molar-refractivity contribution in [1.82, 2.24) is 4.90 Å². The highest BCUT2D eigenvalue weighted by Crippen LogP contribution is 2.48. The number of rotatable bonds is 4. The maximum absolute atomic E-state index is 12.8. The monoisotopic (exact) mass is 370 g/mol. The van der Waals surface area contributed by atoms with E-state index < -0.39 is 15.3 Å². The lowest BCUT2D eigenvalue weighted by Gasteiger charge is -2.27. The highest BCUT2D eigenvalue weighted by atomic mass is 35.5. The second-order valence-corrected chi connectivity index (χ2v) is 9.18. The molecule has 1 unspecified atom stereocenters. The molecule has 0 spiro atoms. The highest BCUT2D eigenvalue weighted by Gasteiger charge is 2.58. The molecule has 2 aliphatic rings. The Morgan fingerprint density at radius 2 is 2.04 bits per heavy atom. The van der Waals surface area contributed by atoms with Crippen LogP contribution in [0.4, 0.5) is 5.69 Å². The SMILES string of the molecule is CN(C(=O)C1(C(=O)Nc2cccc(Cl)c2)CC1)C1CCS(=O)(=O)C1. The molecule has 1 aromatic carbocycles. The Labute approximate surface area is 146 Å². The summed E-state index contributed by atoms with van der Waals surface area (Å²) in [5.74, 6) is -0.593. The van der Waals surface area contributed by atoms with Gasteiger partial charge in [-0.05, 0) is 37.5 Å². The van der Waals surface area contributed by atoms with Gasteiger partial charge in [0.05, 0.1) is 11.5 Å². The van der Waals surface area contributed by atoms with E-state index in [2.05, 4.69) is 5.32 Å². The summed E-state index contributed by atoms with van der Waals surface area (Å²) in [5.41, 5.74) is -0.540. The molecule has 1 saturated carbocycles. The Bertz CT molecular complexity index is 789. The minimum absolute atomic E-state index is 0.0266. The van der Waals surface area contributed by atoms with Gasteiger partial charge in [0.25, 0.3) is 0 Å². The number of nitrogens with zero attached hydrogens (tertiary/aromatic N) is 1. The number of sulfone groups is 1. The van der Waals surface area contributed by atoms with Crippen LogP contribution in [0.1, 0.15) is 19.3 Å². The van der Waals surface area contributed by atoms with E-state index in [9.17, 15) is 18.0 Å². The summed E-state index contributed by atoms with van der Waals surface area (Å²) in [5, 5.41) is 3.24. The third-order valence-electron chi connectivity index (χ3n) is 4.75. The highest BCUT2D eigenvalue weighted by molar-refractivity contribution is 7.91. The third-order valence-corrected chi connectivity index (χ3v) is 6.74. The van der Waals surface area contributed by atoms with Gasteiger partial charge >= 0.3 is 0 Å². The van der Waals surface area contributed by atoms with Crippen LogP contribution in [-0.2, 0) is 19.4 Å². The average molecular weight is 371 g/mol. The fourth-order valence-corrected chi connectivity index (χ4v) is 5.03. The molecule has 1 aliphatic carbocycles. The predicted molar refractivity (Wildman–Crippen MR) is 91.6 cm³/mol. The van der Waals surface area contributed by atoms with Crippen LogP contribution in [0.25, 0.3) is 0 Å². The molecule has 0 radical (unpaired) electrons. The molecule has 1 aromatic rings. The summed E-state index contributed by atoms with van der Waals surface area (Å²) in [6.07, 6.45) is 1.38. The molecule has 6 nitrogen and oxygen atoms in total. The first-order chi connectivity index (χ1) is 11.2. The van der Waals surface area contributed by atoms with Gasteiger partial charge in [-0.3, -0.25) is 9.59 Å². The molecule has 2 amide bonds. The Morgan fingerprint density at radius 3 is 2.58 bits per heavy atom. The topological polar surface area (TPSA) is 83.6 Å². The molecule has 1 aliphatic heterocycles. The number of carbonyl (C=O) groups excluding carboxylic acids is 2. The van der Waals surface area contributed by atoms with Gasteiger partial charge in [0.15, 0.2) is 9.84 Å². The van der Waals surface area contributed by atoms with Gasteiger partial charge in [-0.15, -0.1) is 0 Å². The summed E-state index contributed by atoms with van der Waals surface area (Å²) in [7, 11) is -1.50. The van der Waals surface area contributed by atoms with Gasteiger partial charge in [-0.2, -0.15) is 0 Å². The number of carbonyl (C=O) groups is 2. The Balaban J connectivity index is 1.71.